The number of H-pyrrole nitrogens is 1. The highest BCUT2D eigenvalue weighted by atomic mass is 127. The van der Waals surface area contributed by atoms with Crippen molar-refractivity contribution in [1.29, 1.82) is 0 Å². The average molecular weight is 571 g/mol. The number of hydrogen-bond acceptors (Lipinski definition) is 8. The van der Waals surface area contributed by atoms with Crippen LogP contribution in [0.25, 0.3) is 5.52 Å². The molecule has 4 aromatic rings. The van der Waals surface area contributed by atoms with Crippen molar-refractivity contribution in [3.8, 4) is 0 Å². The third kappa shape index (κ3) is 4.07. The SMILES string of the molecule is O=C(Nc1cnccc1I)[C@@H]1C[C@H](O)CN1c1nc(Nc2cc(C3CC3)[nH]n2)c2cccn2n1. The highest BCUT2D eigenvalue weighted by Crippen LogP contribution is 2.39. The molecule has 0 unspecified atom stereocenters. The van der Waals surface area contributed by atoms with E-state index in [-0.39, 0.29) is 18.9 Å². The summed E-state index contributed by atoms with van der Waals surface area (Å²) in [6, 6.07) is 6.99. The van der Waals surface area contributed by atoms with E-state index in [0.717, 1.165) is 14.8 Å². The van der Waals surface area contributed by atoms with Crippen LogP contribution in [0.3, 0.4) is 0 Å². The number of halogens is 1. The Kier molecular flexibility index (Phi) is 5.32. The fourth-order valence-electron chi connectivity index (χ4n) is 4.23. The number of aromatic nitrogens is 6. The number of hydrogen-bond donors (Lipinski definition) is 4. The summed E-state index contributed by atoms with van der Waals surface area (Å²) in [6.45, 7) is 0.253. The number of pyridine rings is 1. The minimum Gasteiger partial charge on any atom is -0.391 e. The zero-order valence-electron chi connectivity index (χ0n) is 18.0. The first-order valence-corrected chi connectivity index (χ1v) is 12.2. The molecule has 0 spiro atoms. The standard InChI is InChI=1S/C22H22IN9O2/c23-14-5-6-24-10-16(14)25-21(34)18-8-13(33)11-31(18)22-27-20(17-2-1-7-32(17)30-22)26-19-9-15(28-29-19)12-3-4-12/h1-2,5-7,9-10,12-13,18,33H,3-4,8,11H2,(H,25,34)(H2,26,27,28,29,30)/t13-,18-/m0/s1. The molecule has 174 valence electrons. The van der Waals surface area contributed by atoms with Gasteiger partial charge in [-0.1, -0.05) is 0 Å². The molecule has 11 nitrogen and oxygen atoms in total. The summed E-state index contributed by atoms with van der Waals surface area (Å²) in [5.74, 6) is 1.92. The summed E-state index contributed by atoms with van der Waals surface area (Å²) in [5.41, 5.74) is 2.53. The molecule has 34 heavy (non-hydrogen) atoms. The number of nitrogens with one attached hydrogen (secondary N) is 3. The summed E-state index contributed by atoms with van der Waals surface area (Å²) in [6.07, 6.45) is 7.08. The number of nitrogens with zero attached hydrogens (tertiary/aromatic N) is 6. The summed E-state index contributed by atoms with van der Waals surface area (Å²) in [4.78, 5) is 23.7. The van der Waals surface area contributed by atoms with Crippen LogP contribution in [0.15, 0.2) is 42.9 Å². The van der Waals surface area contributed by atoms with Crippen LogP contribution in [0.5, 0.6) is 0 Å². The Morgan fingerprint density at radius 3 is 3.00 bits per heavy atom. The number of aliphatic hydroxyl groups excluding tert-OH is 1. The second-order valence-electron chi connectivity index (χ2n) is 8.61. The van der Waals surface area contributed by atoms with E-state index in [4.69, 9.17) is 4.98 Å². The highest BCUT2D eigenvalue weighted by molar-refractivity contribution is 14.1. The van der Waals surface area contributed by atoms with Gasteiger partial charge in [0.15, 0.2) is 11.6 Å². The largest absolute Gasteiger partial charge is 0.391 e. The van der Waals surface area contributed by atoms with Gasteiger partial charge in [-0.05, 0) is 53.6 Å². The second-order valence-corrected chi connectivity index (χ2v) is 9.77. The highest BCUT2D eigenvalue weighted by Gasteiger charge is 2.38. The number of rotatable bonds is 6. The normalized spacial score (nSPS) is 20.1. The number of fused-ring (bicyclic) bond motifs is 1. The van der Waals surface area contributed by atoms with Gasteiger partial charge >= 0.3 is 0 Å². The Hall–Kier alpha value is -3.26. The van der Waals surface area contributed by atoms with Crippen molar-refractivity contribution >= 4 is 57.3 Å². The van der Waals surface area contributed by atoms with Crippen LogP contribution < -0.4 is 15.5 Å². The molecular weight excluding hydrogens is 549 g/mol. The summed E-state index contributed by atoms with van der Waals surface area (Å²) in [5, 5.41) is 28.7. The molecule has 0 radical (unpaired) electrons. The molecule has 1 saturated carbocycles. The first-order chi connectivity index (χ1) is 16.5. The molecule has 1 saturated heterocycles. The molecule has 4 N–H and O–H groups in total. The molecule has 4 aromatic heterocycles. The number of carbonyl (C=O) groups is 1. The predicted molar refractivity (Wildman–Crippen MR) is 134 cm³/mol. The van der Waals surface area contributed by atoms with E-state index in [1.54, 1.807) is 21.8 Å². The Morgan fingerprint density at radius 1 is 1.29 bits per heavy atom. The quantitative estimate of drug-likeness (QED) is 0.260. The van der Waals surface area contributed by atoms with Gasteiger partial charge in [0.05, 0.1) is 18.0 Å². The molecule has 1 aliphatic heterocycles. The zero-order chi connectivity index (χ0) is 23.2. The van der Waals surface area contributed by atoms with Gasteiger partial charge in [-0.25, -0.2) is 4.52 Å². The third-order valence-corrected chi connectivity index (χ3v) is 7.05. The molecule has 12 heteroatoms. The molecule has 1 aliphatic carbocycles. The topological polar surface area (TPSA) is 136 Å². The number of amides is 1. The van der Waals surface area contributed by atoms with E-state index >= 15 is 0 Å². The van der Waals surface area contributed by atoms with Gasteiger partial charge < -0.3 is 20.6 Å². The van der Waals surface area contributed by atoms with E-state index in [1.165, 1.54) is 12.8 Å². The Bertz CT molecular complexity index is 1370. The van der Waals surface area contributed by atoms with Crippen LogP contribution in [-0.4, -0.2) is 59.5 Å². The van der Waals surface area contributed by atoms with Crippen LogP contribution >= 0.6 is 22.6 Å². The fraction of sp³-hybridized carbons (Fsp3) is 0.318. The van der Waals surface area contributed by atoms with E-state index in [1.807, 2.05) is 30.5 Å². The summed E-state index contributed by atoms with van der Waals surface area (Å²) < 4.78 is 2.59. The molecule has 2 fully saturated rings. The van der Waals surface area contributed by atoms with E-state index in [0.29, 0.717) is 29.2 Å². The fourth-order valence-corrected chi connectivity index (χ4v) is 4.67. The van der Waals surface area contributed by atoms with Gasteiger partial charge in [-0.3, -0.25) is 14.9 Å². The first kappa shape index (κ1) is 21.3. The Balaban J connectivity index is 1.30. The number of carbonyl (C=O) groups excluding carboxylic acids is 1. The third-order valence-electron chi connectivity index (χ3n) is 6.11. The van der Waals surface area contributed by atoms with Crippen molar-refractivity contribution in [2.75, 3.05) is 22.1 Å². The van der Waals surface area contributed by atoms with Crippen LogP contribution in [-0.2, 0) is 4.79 Å². The van der Waals surface area contributed by atoms with Crippen LogP contribution in [0.2, 0.25) is 0 Å². The number of aliphatic hydroxyl groups is 1. The lowest BCUT2D eigenvalue weighted by Crippen LogP contribution is -2.41. The lowest BCUT2D eigenvalue weighted by Gasteiger charge is -2.24. The van der Waals surface area contributed by atoms with E-state index < -0.39 is 12.1 Å². The Morgan fingerprint density at radius 2 is 2.18 bits per heavy atom. The molecule has 2 atom stereocenters. The van der Waals surface area contributed by atoms with Crippen LogP contribution in [0, 0.1) is 3.57 Å². The summed E-state index contributed by atoms with van der Waals surface area (Å²) >= 11 is 2.15. The van der Waals surface area contributed by atoms with Gasteiger partial charge in [0.1, 0.15) is 11.6 Å². The maximum atomic E-state index is 13.2. The number of β-amino-alcohol motifs (C(OH)–C–C–N with tert-alkyl or cyclic N) is 1. The molecule has 6 rings (SSSR count). The van der Waals surface area contributed by atoms with Crippen molar-refractivity contribution < 1.29 is 9.90 Å². The van der Waals surface area contributed by atoms with Gasteiger partial charge in [0.2, 0.25) is 11.9 Å². The average Bonchev–Trinajstić information content (AvgIpc) is 3.19. The van der Waals surface area contributed by atoms with Crippen molar-refractivity contribution in [2.24, 2.45) is 0 Å². The van der Waals surface area contributed by atoms with Gasteiger partial charge in [-0.2, -0.15) is 10.1 Å². The maximum Gasteiger partial charge on any atom is 0.247 e. The molecule has 5 heterocycles. The minimum atomic E-state index is -0.670. The number of aromatic amines is 1. The molecule has 0 aromatic carbocycles. The van der Waals surface area contributed by atoms with Crippen molar-refractivity contribution in [3.05, 3.63) is 52.1 Å². The molecule has 1 amide bonds. The van der Waals surface area contributed by atoms with Gasteiger partial charge in [-0.15, -0.1) is 5.10 Å². The van der Waals surface area contributed by atoms with E-state index in [2.05, 4.69) is 53.5 Å². The van der Waals surface area contributed by atoms with Crippen molar-refractivity contribution in [2.45, 2.75) is 37.3 Å². The van der Waals surface area contributed by atoms with E-state index in [9.17, 15) is 9.90 Å². The smallest absolute Gasteiger partial charge is 0.247 e. The second kappa shape index (κ2) is 8.51. The lowest BCUT2D eigenvalue weighted by molar-refractivity contribution is -0.117. The summed E-state index contributed by atoms with van der Waals surface area (Å²) in [7, 11) is 0. The zero-order valence-corrected chi connectivity index (χ0v) is 20.2. The lowest BCUT2D eigenvalue weighted by atomic mass is 10.2. The Labute approximate surface area is 208 Å². The minimum absolute atomic E-state index is 0.241. The van der Waals surface area contributed by atoms with Gasteiger partial charge in [0.25, 0.3) is 0 Å². The molecule has 2 aliphatic rings. The maximum absolute atomic E-state index is 13.2. The van der Waals surface area contributed by atoms with Crippen LogP contribution in [0.4, 0.5) is 23.3 Å². The predicted octanol–water partition coefficient (Wildman–Crippen LogP) is 2.65. The van der Waals surface area contributed by atoms with Crippen molar-refractivity contribution in [3.63, 3.8) is 0 Å². The monoisotopic (exact) mass is 571 g/mol. The first-order valence-electron chi connectivity index (χ1n) is 11.1. The number of anilines is 4. The van der Waals surface area contributed by atoms with Crippen molar-refractivity contribution in [1.82, 2.24) is 29.8 Å². The van der Waals surface area contributed by atoms with Gasteiger partial charge in [0, 0.05) is 46.6 Å². The molecular formula is C22H22IN9O2. The molecule has 0 bridgehead atoms. The van der Waals surface area contributed by atoms with Crippen LogP contribution in [0.1, 0.15) is 30.9 Å².